The van der Waals surface area contributed by atoms with Crippen molar-refractivity contribution in [2.45, 2.75) is 19.9 Å². The molecule has 0 spiro atoms. The molecule has 5 nitrogen and oxygen atoms in total. The van der Waals surface area contributed by atoms with E-state index in [-0.39, 0.29) is 19.1 Å². The maximum atomic E-state index is 11.9. The van der Waals surface area contributed by atoms with Crippen LogP contribution in [0, 0.1) is 0 Å². The second kappa shape index (κ2) is 9.57. The number of aliphatic hydroxyl groups is 1. The quantitative estimate of drug-likeness (QED) is 0.662. The van der Waals surface area contributed by atoms with E-state index in [4.69, 9.17) is 9.84 Å². The predicted octanol–water partition coefficient (Wildman–Crippen LogP) is 2.81. The molecule has 2 rings (SSSR count). The molecular weight excluding hydrogens is 304 g/mol. The van der Waals surface area contributed by atoms with E-state index in [2.05, 4.69) is 17.6 Å². The first-order valence-corrected chi connectivity index (χ1v) is 8.17. The van der Waals surface area contributed by atoms with Crippen molar-refractivity contribution in [2.75, 3.05) is 25.1 Å². The number of ether oxygens (including phenoxy) is 1. The van der Waals surface area contributed by atoms with Crippen LogP contribution < -0.4 is 15.4 Å². The molecule has 5 heteroatoms. The Balaban J connectivity index is 1.90. The number of hydrogen-bond acceptors (Lipinski definition) is 4. The molecule has 1 amide bonds. The van der Waals surface area contributed by atoms with Crippen molar-refractivity contribution in [1.82, 2.24) is 5.32 Å². The minimum absolute atomic E-state index is 0.0678. The number of anilines is 1. The molecule has 24 heavy (non-hydrogen) atoms. The summed E-state index contributed by atoms with van der Waals surface area (Å²) in [5.41, 5.74) is 2.57. The fraction of sp³-hybridized carbons (Fsp3) is 0.316. The highest BCUT2D eigenvalue weighted by molar-refractivity contribution is 5.95. The van der Waals surface area contributed by atoms with Crippen molar-refractivity contribution >= 4 is 11.6 Å². The van der Waals surface area contributed by atoms with Gasteiger partial charge in [0, 0.05) is 24.3 Å². The maximum absolute atomic E-state index is 11.9. The number of nitrogens with one attached hydrogen (secondary N) is 2. The molecule has 0 saturated heterocycles. The number of carbonyl (C=O) groups is 1. The van der Waals surface area contributed by atoms with E-state index in [1.165, 1.54) is 0 Å². The summed E-state index contributed by atoms with van der Waals surface area (Å²) in [5, 5.41) is 14.7. The van der Waals surface area contributed by atoms with Crippen molar-refractivity contribution < 1.29 is 14.6 Å². The zero-order chi connectivity index (χ0) is 17.2. The van der Waals surface area contributed by atoms with E-state index < -0.39 is 0 Å². The molecule has 0 bridgehead atoms. The van der Waals surface area contributed by atoms with Gasteiger partial charge in [-0.3, -0.25) is 4.79 Å². The zero-order valence-electron chi connectivity index (χ0n) is 13.9. The Labute approximate surface area is 142 Å². The summed E-state index contributed by atoms with van der Waals surface area (Å²) in [7, 11) is 0. The van der Waals surface area contributed by atoms with Crippen LogP contribution in [0.1, 0.15) is 29.3 Å². The summed E-state index contributed by atoms with van der Waals surface area (Å²) in [6, 6.07) is 15.3. The standard InChI is InChI=1S/C19H24N2O3/c1-2-12-24-18-8-6-15(7-9-18)14-21-17-5-3-4-16(13-17)19(23)20-10-11-22/h3-9,13,21-22H,2,10-12,14H2,1H3,(H,20,23). The van der Waals surface area contributed by atoms with Crippen LogP contribution in [0.25, 0.3) is 0 Å². The van der Waals surface area contributed by atoms with E-state index in [0.29, 0.717) is 12.1 Å². The summed E-state index contributed by atoms with van der Waals surface area (Å²) < 4.78 is 5.56. The van der Waals surface area contributed by atoms with Gasteiger partial charge in [-0.2, -0.15) is 0 Å². The molecule has 0 aliphatic rings. The van der Waals surface area contributed by atoms with Crippen molar-refractivity contribution in [3.05, 3.63) is 59.7 Å². The van der Waals surface area contributed by atoms with Gasteiger partial charge in [0.2, 0.25) is 0 Å². The molecule has 3 N–H and O–H groups in total. The second-order valence-electron chi connectivity index (χ2n) is 5.41. The normalized spacial score (nSPS) is 10.2. The lowest BCUT2D eigenvalue weighted by molar-refractivity contribution is 0.0945. The third-order valence-electron chi connectivity index (χ3n) is 3.41. The van der Waals surface area contributed by atoms with Gasteiger partial charge in [-0.1, -0.05) is 25.1 Å². The third kappa shape index (κ3) is 5.59. The Kier molecular flexibility index (Phi) is 7.11. The number of aliphatic hydroxyl groups excluding tert-OH is 1. The molecule has 2 aromatic carbocycles. The Morgan fingerprint density at radius 1 is 1.17 bits per heavy atom. The van der Waals surface area contributed by atoms with Gasteiger partial charge in [0.15, 0.2) is 0 Å². The van der Waals surface area contributed by atoms with E-state index in [1.54, 1.807) is 12.1 Å². The molecule has 0 aliphatic heterocycles. The largest absolute Gasteiger partial charge is 0.494 e. The van der Waals surface area contributed by atoms with Crippen LogP contribution in [-0.2, 0) is 6.54 Å². The van der Waals surface area contributed by atoms with Crippen LogP contribution in [0.4, 0.5) is 5.69 Å². The Morgan fingerprint density at radius 3 is 2.67 bits per heavy atom. The van der Waals surface area contributed by atoms with Crippen molar-refractivity contribution in [1.29, 1.82) is 0 Å². The number of benzene rings is 2. The van der Waals surface area contributed by atoms with Gasteiger partial charge < -0.3 is 20.5 Å². The summed E-state index contributed by atoms with van der Waals surface area (Å²) in [6.07, 6.45) is 0.992. The van der Waals surface area contributed by atoms with Crippen LogP contribution in [-0.4, -0.2) is 30.8 Å². The average Bonchev–Trinajstić information content (AvgIpc) is 2.63. The smallest absolute Gasteiger partial charge is 0.251 e. The first-order chi connectivity index (χ1) is 11.7. The molecule has 0 fully saturated rings. The summed E-state index contributed by atoms with van der Waals surface area (Å²) in [5.74, 6) is 0.688. The Bertz CT molecular complexity index is 641. The minimum atomic E-state index is -0.190. The van der Waals surface area contributed by atoms with Crippen molar-refractivity contribution in [3.8, 4) is 5.75 Å². The molecule has 0 unspecified atom stereocenters. The van der Waals surface area contributed by atoms with E-state index >= 15 is 0 Å². The lowest BCUT2D eigenvalue weighted by atomic mass is 10.1. The van der Waals surface area contributed by atoms with Gasteiger partial charge in [-0.25, -0.2) is 0 Å². The molecule has 0 radical (unpaired) electrons. The molecule has 2 aromatic rings. The summed E-state index contributed by atoms with van der Waals surface area (Å²) in [6.45, 7) is 3.65. The number of amides is 1. The molecule has 0 atom stereocenters. The number of rotatable bonds is 9. The molecule has 128 valence electrons. The summed E-state index contributed by atoms with van der Waals surface area (Å²) >= 11 is 0. The van der Waals surface area contributed by atoms with Gasteiger partial charge >= 0.3 is 0 Å². The molecule has 0 aliphatic carbocycles. The third-order valence-corrected chi connectivity index (χ3v) is 3.41. The van der Waals surface area contributed by atoms with E-state index in [1.807, 2.05) is 36.4 Å². The highest BCUT2D eigenvalue weighted by Gasteiger charge is 2.05. The number of carbonyl (C=O) groups excluding carboxylic acids is 1. The van der Waals surface area contributed by atoms with Crippen LogP contribution in [0.5, 0.6) is 5.75 Å². The first-order valence-electron chi connectivity index (χ1n) is 8.17. The van der Waals surface area contributed by atoms with Gasteiger partial charge in [0.1, 0.15) is 5.75 Å². The zero-order valence-corrected chi connectivity index (χ0v) is 13.9. The number of hydrogen-bond donors (Lipinski definition) is 3. The highest BCUT2D eigenvalue weighted by atomic mass is 16.5. The fourth-order valence-electron chi connectivity index (χ4n) is 2.17. The van der Waals surface area contributed by atoms with Crippen molar-refractivity contribution in [2.24, 2.45) is 0 Å². The van der Waals surface area contributed by atoms with Gasteiger partial charge in [-0.15, -0.1) is 0 Å². The van der Waals surface area contributed by atoms with E-state index in [0.717, 1.165) is 30.0 Å². The van der Waals surface area contributed by atoms with Crippen LogP contribution >= 0.6 is 0 Å². The van der Waals surface area contributed by atoms with Gasteiger partial charge in [0.25, 0.3) is 5.91 Å². The minimum Gasteiger partial charge on any atom is -0.494 e. The lowest BCUT2D eigenvalue weighted by Gasteiger charge is -2.10. The van der Waals surface area contributed by atoms with Crippen LogP contribution in [0.2, 0.25) is 0 Å². The van der Waals surface area contributed by atoms with Gasteiger partial charge in [0.05, 0.1) is 13.2 Å². The lowest BCUT2D eigenvalue weighted by Crippen LogP contribution is -2.26. The highest BCUT2D eigenvalue weighted by Crippen LogP contribution is 2.15. The maximum Gasteiger partial charge on any atom is 0.251 e. The predicted molar refractivity (Wildman–Crippen MR) is 95.4 cm³/mol. The first kappa shape index (κ1) is 17.8. The fourth-order valence-corrected chi connectivity index (χ4v) is 2.17. The Hall–Kier alpha value is -2.53. The summed E-state index contributed by atoms with van der Waals surface area (Å²) in [4.78, 5) is 11.9. The monoisotopic (exact) mass is 328 g/mol. The molecule has 0 aromatic heterocycles. The molecular formula is C19H24N2O3. The van der Waals surface area contributed by atoms with E-state index in [9.17, 15) is 4.79 Å². The van der Waals surface area contributed by atoms with Gasteiger partial charge in [-0.05, 0) is 42.3 Å². The SMILES string of the molecule is CCCOc1ccc(CNc2cccc(C(=O)NCCO)c2)cc1. The van der Waals surface area contributed by atoms with Crippen molar-refractivity contribution in [3.63, 3.8) is 0 Å². The molecule has 0 saturated carbocycles. The second-order valence-corrected chi connectivity index (χ2v) is 5.41. The van der Waals surface area contributed by atoms with Crippen LogP contribution in [0.15, 0.2) is 48.5 Å². The Morgan fingerprint density at radius 2 is 1.96 bits per heavy atom. The van der Waals surface area contributed by atoms with Crippen LogP contribution in [0.3, 0.4) is 0 Å². The topological polar surface area (TPSA) is 70.6 Å². The average molecular weight is 328 g/mol. The molecule has 0 heterocycles.